The first kappa shape index (κ1) is 20.4. The Labute approximate surface area is 173 Å². The van der Waals surface area contributed by atoms with Crippen LogP contribution in [0.15, 0.2) is 66.7 Å². The molecule has 3 nitrogen and oxygen atoms in total. The first-order valence-electron chi connectivity index (χ1n) is 9.91. The summed E-state index contributed by atoms with van der Waals surface area (Å²) in [5, 5.41) is 2.79. The summed E-state index contributed by atoms with van der Waals surface area (Å²) in [7, 11) is 0. The molecule has 0 saturated heterocycles. The lowest BCUT2D eigenvalue weighted by atomic mass is 9.96. The van der Waals surface area contributed by atoms with Gasteiger partial charge in [-0.25, -0.2) is 0 Å². The Hall–Kier alpha value is -3.33. The minimum Gasteiger partial charge on any atom is -0.397 e. The Morgan fingerprint density at radius 1 is 0.897 bits per heavy atom. The molecule has 0 spiro atoms. The molecule has 148 valence electrons. The molecule has 0 saturated carbocycles. The molecule has 0 unspecified atom stereocenters. The van der Waals surface area contributed by atoms with Gasteiger partial charge < -0.3 is 11.1 Å². The quantitative estimate of drug-likeness (QED) is 0.427. The van der Waals surface area contributed by atoms with Gasteiger partial charge in [0.1, 0.15) is 0 Å². The molecule has 0 radical (unpaired) electrons. The molecule has 3 N–H and O–H groups in total. The van der Waals surface area contributed by atoms with Crippen molar-refractivity contribution in [2.45, 2.75) is 33.6 Å². The van der Waals surface area contributed by atoms with Crippen LogP contribution in [0.1, 0.15) is 33.4 Å². The number of carbonyl (C=O) groups is 1. The van der Waals surface area contributed by atoms with Gasteiger partial charge in [-0.1, -0.05) is 48.5 Å². The molecule has 0 aromatic heterocycles. The standard InChI is InChI=1S/C26H28N2O/c1-18-16-23(17-19(2)20(18)3)13-12-21-8-10-22(11-9-21)14-15-26(29)28-25-7-5-4-6-24(25)27/h4-11,14-17H,12-13,27H2,1-3H3,(H,28,29)/b15-14+. The van der Waals surface area contributed by atoms with Crippen LogP contribution >= 0.6 is 0 Å². The summed E-state index contributed by atoms with van der Waals surface area (Å²) in [4.78, 5) is 12.1. The van der Waals surface area contributed by atoms with Crippen LogP contribution in [0.2, 0.25) is 0 Å². The van der Waals surface area contributed by atoms with Gasteiger partial charge in [0.15, 0.2) is 0 Å². The predicted molar refractivity (Wildman–Crippen MR) is 123 cm³/mol. The van der Waals surface area contributed by atoms with Crippen LogP contribution in [0.25, 0.3) is 6.08 Å². The van der Waals surface area contributed by atoms with E-state index in [1.54, 1.807) is 12.1 Å². The highest BCUT2D eigenvalue weighted by Gasteiger charge is 2.03. The Bertz CT molecular complexity index is 1010. The Morgan fingerprint density at radius 3 is 2.17 bits per heavy atom. The van der Waals surface area contributed by atoms with E-state index in [4.69, 9.17) is 5.73 Å². The van der Waals surface area contributed by atoms with Gasteiger partial charge in [0.05, 0.1) is 11.4 Å². The molecule has 0 aliphatic heterocycles. The average molecular weight is 385 g/mol. The number of anilines is 2. The molecule has 29 heavy (non-hydrogen) atoms. The fourth-order valence-corrected chi connectivity index (χ4v) is 3.31. The van der Waals surface area contributed by atoms with Gasteiger partial charge in [-0.05, 0) is 85.2 Å². The normalized spacial score (nSPS) is 11.0. The lowest BCUT2D eigenvalue weighted by molar-refractivity contribution is -0.111. The van der Waals surface area contributed by atoms with Gasteiger partial charge >= 0.3 is 0 Å². The lowest BCUT2D eigenvalue weighted by Crippen LogP contribution is -2.09. The number of hydrogen-bond donors (Lipinski definition) is 2. The third-order valence-electron chi connectivity index (χ3n) is 5.31. The van der Waals surface area contributed by atoms with E-state index in [0.29, 0.717) is 11.4 Å². The molecule has 0 bridgehead atoms. The van der Waals surface area contributed by atoms with E-state index in [1.807, 2.05) is 30.3 Å². The summed E-state index contributed by atoms with van der Waals surface area (Å²) < 4.78 is 0. The highest BCUT2D eigenvalue weighted by atomic mass is 16.1. The van der Waals surface area contributed by atoms with Crippen molar-refractivity contribution in [3.05, 3.63) is 100 Å². The zero-order valence-electron chi connectivity index (χ0n) is 17.3. The molecule has 0 heterocycles. The first-order valence-corrected chi connectivity index (χ1v) is 9.91. The van der Waals surface area contributed by atoms with Crippen molar-refractivity contribution in [3.8, 4) is 0 Å². The minimum atomic E-state index is -0.197. The molecule has 0 aliphatic rings. The largest absolute Gasteiger partial charge is 0.397 e. The number of amides is 1. The number of nitrogen functional groups attached to an aromatic ring is 1. The zero-order valence-corrected chi connectivity index (χ0v) is 17.3. The van der Waals surface area contributed by atoms with Crippen molar-refractivity contribution in [2.75, 3.05) is 11.1 Å². The molecule has 3 aromatic rings. The SMILES string of the molecule is Cc1cc(CCc2ccc(/C=C/C(=O)Nc3ccccc3N)cc2)cc(C)c1C. The third kappa shape index (κ3) is 5.58. The van der Waals surface area contributed by atoms with E-state index in [2.05, 4.69) is 50.4 Å². The van der Waals surface area contributed by atoms with E-state index >= 15 is 0 Å². The summed E-state index contributed by atoms with van der Waals surface area (Å²) in [6.07, 6.45) is 5.36. The number of hydrogen-bond acceptors (Lipinski definition) is 2. The van der Waals surface area contributed by atoms with Crippen LogP contribution in [-0.2, 0) is 17.6 Å². The Kier molecular flexibility index (Phi) is 6.50. The minimum absolute atomic E-state index is 0.197. The molecule has 3 heteroatoms. The van der Waals surface area contributed by atoms with E-state index in [1.165, 1.54) is 33.9 Å². The van der Waals surface area contributed by atoms with Crippen LogP contribution in [0.3, 0.4) is 0 Å². The van der Waals surface area contributed by atoms with E-state index in [9.17, 15) is 4.79 Å². The van der Waals surface area contributed by atoms with Crippen molar-refractivity contribution in [2.24, 2.45) is 0 Å². The van der Waals surface area contributed by atoms with Crippen molar-refractivity contribution < 1.29 is 4.79 Å². The first-order chi connectivity index (χ1) is 13.9. The molecule has 3 rings (SSSR count). The number of nitrogens with one attached hydrogen (secondary N) is 1. The highest BCUT2D eigenvalue weighted by molar-refractivity contribution is 6.03. The van der Waals surface area contributed by atoms with Gasteiger partial charge in [-0.2, -0.15) is 0 Å². The monoisotopic (exact) mass is 384 g/mol. The fraction of sp³-hybridized carbons (Fsp3) is 0.192. The molecular weight excluding hydrogens is 356 g/mol. The van der Waals surface area contributed by atoms with Crippen LogP contribution in [0.5, 0.6) is 0 Å². The molecular formula is C26H28N2O. The predicted octanol–water partition coefficient (Wildman–Crippen LogP) is 5.63. The van der Waals surface area contributed by atoms with Crippen molar-refractivity contribution >= 4 is 23.4 Å². The number of rotatable bonds is 6. The Morgan fingerprint density at radius 2 is 1.52 bits per heavy atom. The second-order valence-corrected chi connectivity index (χ2v) is 7.51. The number of para-hydroxylation sites is 2. The number of nitrogens with two attached hydrogens (primary N) is 1. The van der Waals surface area contributed by atoms with Crippen molar-refractivity contribution in [3.63, 3.8) is 0 Å². The zero-order chi connectivity index (χ0) is 20.8. The maximum absolute atomic E-state index is 12.1. The Balaban J connectivity index is 1.56. The molecule has 3 aromatic carbocycles. The van der Waals surface area contributed by atoms with Crippen molar-refractivity contribution in [1.82, 2.24) is 0 Å². The van der Waals surface area contributed by atoms with E-state index < -0.39 is 0 Å². The van der Waals surface area contributed by atoms with Crippen LogP contribution in [0.4, 0.5) is 11.4 Å². The maximum Gasteiger partial charge on any atom is 0.248 e. The summed E-state index contributed by atoms with van der Waals surface area (Å²) in [6, 6.07) is 20.1. The summed E-state index contributed by atoms with van der Waals surface area (Å²) in [6.45, 7) is 6.53. The number of carbonyl (C=O) groups excluding carboxylic acids is 1. The third-order valence-corrected chi connectivity index (χ3v) is 5.31. The van der Waals surface area contributed by atoms with Gasteiger partial charge in [-0.3, -0.25) is 4.79 Å². The van der Waals surface area contributed by atoms with Gasteiger partial charge in [0.2, 0.25) is 5.91 Å². The molecule has 1 amide bonds. The van der Waals surface area contributed by atoms with E-state index in [-0.39, 0.29) is 5.91 Å². The van der Waals surface area contributed by atoms with Crippen LogP contribution < -0.4 is 11.1 Å². The van der Waals surface area contributed by atoms with Crippen molar-refractivity contribution in [1.29, 1.82) is 0 Å². The fourth-order valence-electron chi connectivity index (χ4n) is 3.31. The molecule has 0 aliphatic carbocycles. The summed E-state index contributed by atoms with van der Waals surface area (Å²) in [5.41, 5.74) is 14.8. The molecule has 0 atom stereocenters. The van der Waals surface area contributed by atoms with Crippen LogP contribution in [0, 0.1) is 20.8 Å². The smallest absolute Gasteiger partial charge is 0.248 e. The number of aryl methyl sites for hydroxylation is 4. The van der Waals surface area contributed by atoms with E-state index in [0.717, 1.165) is 18.4 Å². The summed E-state index contributed by atoms with van der Waals surface area (Å²) >= 11 is 0. The van der Waals surface area contributed by atoms with Gasteiger partial charge in [0, 0.05) is 6.08 Å². The van der Waals surface area contributed by atoms with Crippen LogP contribution in [-0.4, -0.2) is 5.91 Å². The van der Waals surface area contributed by atoms with Gasteiger partial charge in [0.25, 0.3) is 0 Å². The topological polar surface area (TPSA) is 55.1 Å². The van der Waals surface area contributed by atoms with Gasteiger partial charge in [-0.15, -0.1) is 0 Å². The maximum atomic E-state index is 12.1. The average Bonchev–Trinajstić information content (AvgIpc) is 2.71. The second-order valence-electron chi connectivity index (χ2n) is 7.51. The molecule has 0 fully saturated rings. The second kappa shape index (κ2) is 9.24. The number of benzene rings is 3. The highest BCUT2D eigenvalue weighted by Crippen LogP contribution is 2.18. The summed E-state index contributed by atoms with van der Waals surface area (Å²) in [5.74, 6) is -0.197. The lowest BCUT2D eigenvalue weighted by Gasteiger charge is -2.09.